The number of hydrogen-bond acceptors (Lipinski definition) is 4. The number of alkyl halides is 1. The third-order valence-electron chi connectivity index (χ3n) is 4.18. The van der Waals surface area contributed by atoms with Crippen LogP contribution in [0.4, 0.5) is 0 Å². The van der Waals surface area contributed by atoms with Crippen LogP contribution >= 0.6 is 22.6 Å². The van der Waals surface area contributed by atoms with E-state index in [2.05, 4.69) is 67.4 Å². The molecule has 24 heavy (non-hydrogen) atoms. The lowest BCUT2D eigenvalue weighted by Crippen LogP contribution is -2.44. The molecule has 1 aliphatic heterocycles. The van der Waals surface area contributed by atoms with Gasteiger partial charge < -0.3 is 19.7 Å². The molecule has 144 valence electrons. The van der Waals surface area contributed by atoms with E-state index in [-0.39, 0.29) is 9.15 Å². The lowest BCUT2D eigenvalue weighted by atomic mass is 9.98. The van der Waals surface area contributed by atoms with E-state index in [1.54, 1.807) is 0 Å². The molecule has 5 heteroatoms. The van der Waals surface area contributed by atoms with Crippen molar-refractivity contribution in [1.29, 1.82) is 0 Å². The van der Waals surface area contributed by atoms with E-state index in [4.69, 9.17) is 9.47 Å². The van der Waals surface area contributed by atoms with Gasteiger partial charge in [-0.2, -0.15) is 0 Å². The van der Waals surface area contributed by atoms with Gasteiger partial charge in [-0.05, 0) is 72.8 Å². The van der Waals surface area contributed by atoms with Crippen LogP contribution in [-0.4, -0.2) is 60.0 Å². The molecule has 0 aromatic rings. The van der Waals surface area contributed by atoms with Crippen molar-refractivity contribution >= 4 is 22.6 Å². The highest BCUT2D eigenvalue weighted by molar-refractivity contribution is 14.1. The smallest absolute Gasteiger partial charge is 0.0648 e. The van der Waals surface area contributed by atoms with Gasteiger partial charge in [0.2, 0.25) is 0 Å². The minimum absolute atomic E-state index is 0.0208. The number of unbranched alkanes of at least 4 members (excludes halogenated alkanes) is 1. The van der Waals surface area contributed by atoms with Gasteiger partial charge in [-0.3, -0.25) is 0 Å². The van der Waals surface area contributed by atoms with Gasteiger partial charge in [-0.25, -0.2) is 0 Å². The molecule has 1 heterocycles. The highest BCUT2D eigenvalue weighted by atomic mass is 127. The zero-order valence-electron chi connectivity index (χ0n) is 16.5. The van der Waals surface area contributed by atoms with E-state index < -0.39 is 0 Å². The van der Waals surface area contributed by atoms with Gasteiger partial charge in [-0.1, -0.05) is 22.6 Å². The molecule has 0 saturated carbocycles. The SMILES string of the molecule is CC(C)(I)NCC1CCCN(CCOCCCCOC(C)(C)C)C1. The Bertz CT molecular complexity index is 326. The molecule has 1 aliphatic rings. The van der Waals surface area contributed by atoms with Crippen molar-refractivity contribution in [3.8, 4) is 0 Å². The van der Waals surface area contributed by atoms with Crippen LogP contribution in [0.5, 0.6) is 0 Å². The summed E-state index contributed by atoms with van der Waals surface area (Å²) >= 11 is 2.47. The highest BCUT2D eigenvalue weighted by Gasteiger charge is 2.21. The summed E-state index contributed by atoms with van der Waals surface area (Å²) in [7, 11) is 0. The predicted molar refractivity (Wildman–Crippen MR) is 111 cm³/mol. The molecule has 0 aromatic carbocycles. The number of nitrogens with one attached hydrogen (secondary N) is 1. The second kappa shape index (κ2) is 11.3. The zero-order valence-corrected chi connectivity index (χ0v) is 18.7. The molecular formula is C19H39IN2O2. The zero-order chi connectivity index (χ0) is 18.1. The maximum atomic E-state index is 5.80. The summed E-state index contributed by atoms with van der Waals surface area (Å²) in [6.07, 6.45) is 4.84. The van der Waals surface area contributed by atoms with Crippen molar-refractivity contribution in [2.45, 2.75) is 69.4 Å². The van der Waals surface area contributed by atoms with Crippen molar-refractivity contribution in [1.82, 2.24) is 10.2 Å². The van der Waals surface area contributed by atoms with Gasteiger partial charge in [0.1, 0.15) is 0 Å². The average Bonchev–Trinajstić information content (AvgIpc) is 2.46. The lowest BCUT2D eigenvalue weighted by Gasteiger charge is -2.34. The van der Waals surface area contributed by atoms with Crippen molar-refractivity contribution in [2.24, 2.45) is 5.92 Å². The summed E-state index contributed by atoms with van der Waals surface area (Å²) in [6.45, 7) is 18.0. The minimum atomic E-state index is -0.0208. The molecule has 1 N–H and O–H groups in total. The molecule has 0 bridgehead atoms. The lowest BCUT2D eigenvalue weighted by molar-refractivity contribution is -0.00776. The Hall–Kier alpha value is 0.570. The first-order valence-corrected chi connectivity index (χ1v) is 10.6. The first-order valence-electron chi connectivity index (χ1n) is 9.54. The Balaban J connectivity index is 2.00. The Morgan fingerprint density at radius 3 is 2.46 bits per heavy atom. The molecule has 0 spiro atoms. The van der Waals surface area contributed by atoms with Crippen molar-refractivity contribution < 1.29 is 9.47 Å². The van der Waals surface area contributed by atoms with Crippen LogP contribution in [0.3, 0.4) is 0 Å². The molecule has 1 saturated heterocycles. The maximum Gasteiger partial charge on any atom is 0.0648 e. The second-order valence-corrected chi connectivity index (χ2v) is 11.1. The van der Waals surface area contributed by atoms with Gasteiger partial charge in [0.15, 0.2) is 0 Å². The summed E-state index contributed by atoms with van der Waals surface area (Å²) in [5, 5.41) is 3.64. The first-order chi connectivity index (χ1) is 11.2. The average molecular weight is 454 g/mol. The largest absolute Gasteiger partial charge is 0.380 e. The van der Waals surface area contributed by atoms with Crippen molar-refractivity contribution in [2.75, 3.05) is 46.0 Å². The highest BCUT2D eigenvalue weighted by Crippen LogP contribution is 2.18. The first kappa shape index (κ1) is 22.6. The van der Waals surface area contributed by atoms with Crippen LogP contribution in [0, 0.1) is 5.92 Å². The molecule has 4 nitrogen and oxygen atoms in total. The molecule has 1 unspecified atom stereocenters. The number of rotatable bonds is 11. The van der Waals surface area contributed by atoms with Gasteiger partial charge in [0.25, 0.3) is 0 Å². The summed E-state index contributed by atoms with van der Waals surface area (Å²) in [5.41, 5.74) is -0.0208. The van der Waals surface area contributed by atoms with Crippen LogP contribution in [0.25, 0.3) is 0 Å². The summed E-state index contributed by atoms with van der Waals surface area (Å²) in [5.74, 6) is 0.780. The van der Waals surface area contributed by atoms with Gasteiger partial charge in [-0.15, -0.1) is 0 Å². The minimum Gasteiger partial charge on any atom is -0.380 e. The van der Waals surface area contributed by atoms with E-state index in [9.17, 15) is 0 Å². The van der Waals surface area contributed by atoms with E-state index >= 15 is 0 Å². The van der Waals surface area contributed by atoms with Gasteiger partial charge in [0, 0.05) is 32.8 Å². The molecule has 0 aliphatic carbocycles. The molecule has 0 aromatic heterocycles. The Labute approximate surface area is 163 Å². The topological polar surface area (TPSA) is 33.7 Å². The summed E-state index contributed by atoms with van der Waals surface area (Å²) < 4.78 is 11.7. The van der Waals surface area contributed by atoms with Gasteiger partial charge in [0.05, 0.1) is 15.8 Å². The number of likely N-dealkylation sites (tertiary alicyclic amines) is 1. The monoisotopic (exact) mass is 454 g/mol. The van der Waals surface area contributed by atoms with Crippen LogP contribution in [0.15, 0.2) is 0 Å². The molecule has 0 amide bonds. The fraction of sp³-hybridized carbons (Fsp3) is 1.00. The standard InChI is InChI=1S/C19H39IN2O2/c1-18(2,3)24-13-7-6-12-23-14-11-22-10-8-9-17(16-22)15-21-19(4,5)20/h17,21H,6-16H2,1-5H3. The van der Waals surface area contributed by atoms with Crippen molar-refractivity contribution in [3.05, 3.63) is 0 Å². The molecule has 0 radical (unpaired) electrons. The normalized spacial score (nSPS) is 20.5. The van der Waals surface area contributed by atoms with Gasteiger partial charge >= 0.3 is 0 Å². The number of ether oxygens (including phenoxy) is 2. The van der Waals surface area contributed by atoms with Crippen LogP contribution in [-0.2, 0) is 9.47 Å². The summed E-state index contributed by atoms with van der Waals surface area (Å²) in [6, 6.07) is 0. The molecular weight excluding hydrogens is 415 g/mol. The number of halogens is 1. The third kappa shape index (κ3) is 12.9. The van der Waals surface area contributed by atoms with Crippen LogP contribution in [0.1, 0.15) is 60.3 Å². The predicted octanol–water partition coefficient (Wildman–Crippen LogP) is 4.07. The fourth-order valence-corrected chi connectivity index (χ4v) is 3.11. The summed E-state index contributed by atoms with van der Waals surface area (Å²) in [4.78, 5) is 2.57. The van der Waals surface area contributed by atoms with E-state index in [1.807, 2.05) is 0 Å². The van der Waals surface area contributed by atoms with E-state index in [0.29, 0.717) is 0 Å². The van der Waals surface area contributed by atoms with Crippen LogP contribution in [0.2, 0.25) is 0 Å². The Kier molecular flexibility index (Phi) is 10.7. The quantitative estimate of drug-likeness (QED) is 0.221. The number of nitrogens with zero attached hydrogens (tertiary/aromatic N) is 1. The van der Waals surface area contributed by atoms with Crippen molar-refractivity contribution in [3.63, 3.8) is 0 Å². The molecule has 1 atom stereocenters. The number of hydrogen-bond donors (Lipinski definition) is 1. The third-order valence-corrected chi connectivity index (χ3v) is 4.57. The Morgan fingerprint density at radius 2 is 1.79 bits per heavy atom. The van der Waals surface area contributed by atoms with E-state index in [1.165, 1.54) is 25.9 Å². The fourth-order valence-electron chi connectivity index (χ4n) is 2.89. The Morgan fingerprint density at radius 1 is 1.08 bits per heavy atom. The van der Waals surface area contributed by atoms with Crippen LogP contribution < -0.4 is 5.32 Å². The maximum absolute atomic E-state index is 5.80. The molecule has 1 fully saturated rings. The molecule has 1 rings (SSSR count). The second-order valence-electron chi connectivity index (χ2n) is 8.44. The number of piperidine rings is 1. The van der Waals surface area contributed by atoms with E-state index in [0.717, 1.165) is 51.7 Å².